The molecule has 1 aliphatic heterocycles. The molecular weight excluding hydrogens is 443 g/mol. The molecule has 1 saturated heterocycles. The van der Waals surface area contributed by atoms with E-state index in [0.29, 0.717) is 27.4 Å². The highest BCUT2D eigenvalue weighted by molar-refractivity contribution is 6.42. The van der Waals surface area contributed by atoms with Crippen LogP contribution >= 0.6 is 23.2 Å². The summed E-state index contributed by atoms with van der Waals surface area (Å²) in [6, 6.07) is 15.5. The number of hydrogen-bond acceptors (Lipinski definition) is 3. The highest BCUT2D eigenvalue weighted by atomic mass is 35.5. The van der Waals surface area contributed by atoms with Gasteiger partial charge in [0.15, 0.2) is 0 Å². The van der Waals surface area contributed by atoms with E-state index < -0.39 is 0 Å². The van der Waals surface area contributed by atoms with Crippen LogP contribution in [0.1, 0.15) is 40.5 Å². The topological polar surface area (TPSA) is 52.2 Å². The zero-order valence-electron chi connectivity index (χ0n) is 18.4. The van der Waals surface area contributed by atoms with Crippen LogP contribution in [0.2, 0.25) is 10.0 Å². The first-order valence-electron chi connectivity index (χ1n) is 10.9. The lowest BCUT2D eigenvalue weighted by atomic mass is 9.79. The summed E-state index contributed by atoms with van der Waals surface area (Å²) in [5, 5.41) is 0.870. The van der Waals surface area contributed by atoms with Crippen LogP contribution in [0.5, 0.6) is 0 Å². The SMILES string of the molecule is CN(C)c1cccc(CC(c2ccc[nH]2)C2CCN(C(=O)c3ccc(Cl)c(Cl)c3)CC2)n1. The number of likely N-dealkylation sites (tertiary alicyclic amines) is 1. The first kappa shape index (κ1) is 22.7. The number of carbonyl (C=O) groups excluding carboxylic acids is 1. The van der Waals surface area contributed by atoms with Gasteiger partial charge in [-0.3, -0.25) is 4.79 Å². The van der Waals surface area contributed by atoms with Crippen molar-refractivity contribution in [2.45, 2.75) is 25.2 Å². The molecule has 0 radical (unpaired) electrons. The molecule has 3 aromatic rings. The molecule has 5 nitrogen and oxygen atoms in total. The van der Waals surface area contributed by atoms with Crippen LogP contribution < -0.4 is 4.90 Å². The van der Waals surface area contributed by atoms with Crippen LogP contribution in [-0.2, 0) is 6.42 Å². The molecule has 32 heavy (non-hydrogen) atoms. The molecule has 1 N–H and O–H groups in total. The van der Waals surface area contributed by atoms with E-state index in [1.807, 2.05) is 36.2 Å². The number of rotatable bonds is 6. The first-order chi connectivity index (χ1) is 15.4. The highest BCUT2D eigenvalue weighted by Gasteiger charge is 2.31. The number of aromatic amines is 1. The number of anilines is 1. The Morgan fingerprint density at radius 2 is 1.91 bits per heavy atom. The van der Waals surface area contributed by atoms with E-state index in [4.69, 9.17) is 28.2 Å². The maximum atomic E-state index is 13.0. The number of aromatic nitrogens is 2. The molecule has 1 amide bonds. The zero-order chi connectivity index (χ0) is 22.7. The second-order valence-electron chi connectivity index (χ2n) is 8.58. The number of halogens is 2. The van der Waals surface area contributed by atoms with Crippen molar-refractivity contribution in [1.29, 1.82) is 0 Å². The fourth-order valence-electron chi connectivity index (χ4n) is 4.48. The Kier molecular flexibility index (Phi) is 7.07. The lowest BCUT2D eigenvalue weighted by Crippen LogP contribution is -2.40. The molecule has 168 valence electrons. The third kappa shape index (κ3) is 5.11. The van der Waals surface area contributed by atoms with E-state index in [-0.39, 0.29) is 5.91 Å². The number of amides is 1. The van der Waals surface area contributed by atoms with E-state index in [1.165, 1.54) is 5.69 Å². The van der Waals surface area contributed by atoms with Gasteiger partial charge in [0, 0.05) is 56.3 Å². The van der Waals surface area contributed by atoms with Gasteiger partial charge in [0.1, 0.15) is 5.82 Å². The molecule has 7 heteroatoms. The van der Waals surface area contributed by atoms with Crippen LogP contribution in [0.25, 0.3) is 0 Å². The Hall–Kier alpha value is -2.50. The number of piperidine rings is 1. The average molecular weight is 471 g/mol. The molecule has 0 bridgehead atoms. The summed E-state index contributed by atoms with van der Waals surface area (Å²) in [7, 11) is 4.02. The molecule has 0 spiro atoms. The average Bonchev–Trinajstić information content (AvgIpc) is 3.34. The molecule has 1 aliphatic rings. The van der Waals surface area contributed by atoms with Gasteiger partial charge in [0.2, 0.25) is 0 Å². The van der Waals surface area contributed by atoms with Gasteiger partial charge in [-0.15, -0.1) is 0 Å². The number of nitrogens with zero attached hydrogens (tertiary/aromatic N) is 3. The number of benzene rings is 1. The molecule has 0 saturated carbocycles. The number of nitrogens with one attached hydrogen (secondary N) is 1. The summed E-state index contributed by atoms with van der Waals surface area (Å²) < 4.78 is 0. The van der Waals surface area contributed by atoms with Crippen molar-refractivity contribution >= 4 is 34.9 Å². The van der Waals surface area contributed by atoms with Gasteiger partial charge in [-0.2, -0.15) is 0 Å². The quantitative estimate of drug-likeness (QED) is 0.505. The highest BCUT2D eigenvalue weighted by Crippen LogP contribution is 2.35. The largest absolute Gasteiger partial charge is 0.365 e. The van der Waals surface area contributed by atoms with Crippen LogP contribution in [0.15, 0.2) is 54.7 Å². The van der Waals surface area contributed by atoms with Gasteiger partial charge in [-0.1, -0.05) is 29.3 Å². The Labute approximate surface area is 199 Å². The van der Waals surface area contributed by atoms with Crippen molar-refractivity contribution in [2.24, 2.45) is 5.92 Å². The van der Waals surface area contributed by atoms with E-state index in [1.54, 1.807) is 18.2 Å². The maximum Gasteiger partial charge on any atom is 0.253 e. The Balaban J connectivity index is 1.47. The molecule has 3 heterocycles. The van der Waals surface area contributed by atoms with E-state index in [2.05, 4.69) is 29.2 Å². The van der Waals surface area contributed by atoms with Crippen molar-refractivity contribution in [3.05, 3.63) is 81.7 Å². The Bertz CT molecular complexity index is 1060. The number of carbonyl (C=O) groups is 1. The summed E-state index contributed by atoms with van der Waals surface area (Å²) in [5.74, 6) is 1.78. The lowest BCUT2D eigenvalue weighted by Gasteiger charge is -2.36. The molecule has 1 unspecified atom stereocenters. The van der Waals surface area contributed by atoms with E-state index in [9.17, 15) is 4.79 Å². The minimum absolute atomic E-state index is 0.0128. The third-order valence-electron chi connectivity index (χ3n) is 6.26. The second-order valence-corrected chi connectivity index (χ2v) is 9.39. The van der Waals surface area contributed by atoms with Gasteiger partial charge >= 0.3 is 0 Å². The number of H-pyrrole nitrogens is 1. The standard InChI is InChI=1S/C25H28Cl2N4O/c1-30(2)24-7-3-5-19(29-24)16-20(23-6-4-12-28-23)17-10-13-31(14-11-17)25(32)18-8-9-21(26)22(27)15-18/h3-9,12,15,17,20,28H,10-11,13-14,16H2,1-2H3. The zero-order valence-corrected chi connectivity index (χ0v) is 19.9. The van der Waals surface area contributed by atoms with Gasteiger partial charge in [0.25, 0.3) is 5.91 Å². The second kappa shape index (κ2) is 9.97. The van der Waals surface area contributed by atoms with Crippen LogP contribution in [0.4, 0.5) is 5.82 Å². The van der Waals surface area contributed by atoms with Gasteiger partial charge in [-0.25, -0.2) is 4.98 Å². The molecular formula is C25H28Cl2N4O. The van der Waals surface area contributed by atoms with Crippen molar-refractivity contribution in [2.75, 3.05) is 32.1 Å². The predicted octanol–water partition coefficient (Wildman–Crippen LogP) is 5.66. The smallest absolute Gasteiger partial charge is 0.253 e. The fraction of sp³-hybridized carbons (Fsp3) is 0.360. The fourth-order valence-corrected chi connectivity index (χ4v) is 4.78. The van der Waals surface area contributed by atoms with Gasteiger partial charge in [0.05, 0.1) is 10.0 Å². The van der Waals surface area contributed by atoms with Crippen molar-refractivity contribution in [1.82, 2.24) is 14.9 Å². The molecule has 4 rings (SSSR count). The summed E-state index contributed by atoms with van der Waals surface area (Å²) in [6.07, 6.45) is 4.75. The molecule has 1 aromatic carbocycles. The predicted molar refractivity (Wildman–Crippen MR) is 131 cm³/mol. The summed E-state index contributed by atoms with van der Waals surface area (Å²) in [5.41, 5.74) is 2.91. The van der Waals surface area contributed by atoms with E-state index in [0.717, 1.165) is 43.9 Å². The number of hydrogen-bond donors (Lipinski definition) is 1. The van der Waals surface area contributed by atoms with Crippen molar-refractivity contribution in [3.8, 4) is 0 Å². The molecule has 1 fully saturated rings. The maximum absolute atomic E-state index is 13.0. The lowest BCUT2D eigenvalue weighted by molar-refractivity contribution is 0.0676. The van der Waals surface area contributed by atoms with Gasteiger partial charge < -0.3 is 14.8 Å². The van der Waals surface area contributed by atoms with Gasteiger partial charge in [-0.05, 0) is 67.6 Å². The van der Waals surface area contributed by atoms with E-state index >= 15 is 0 Å². The Morgan fingerprint density at radius 3 is 2.56 bits per heavy atom. The van der Waals surface area contributed by atoms with Crippen LogP contribution in [0, 0.1) is 5.92 Å². The molecule has 0 aliphatic carbocycles. The van der Waals surface area contributed by atoms with Crippen LogP contribution in [-0.4, -0.2) is 48.0 Å². The molecule has 2 aromatic heterocycles. The Morgan fingerprint density at radius 1 is 1.12 bits per heavy atom. The number of pyridine rings is 1. The van der Waals surface area contributed by atoms with Crippen LogP contribution in [0.3, 0.4) is 0 Å². The minimum Gasteiger partial charge on any atom is -0.365 e. The first-order valence-corrected chi connectivity index (χ1v) is 11.7. The minimum atomic E-state index is 0.0128. The summed E-state index contributed by atoms with van der Waals surface area (Å²) in [4.78, 5) is 25.2. The monoisotopic (exact) mass is 470 g/mol. The normalized spacial score (nSPS) is 15.6. The molecule has 1 atom stereocenters. The third-order valence-corrected chi connectivity index (χ3v) is 7.00. The summed E-state index contributed by atoms with van der Waals surface area (Å²) in [6.45, 7) is 1.46. The van der Waals surface area contributed by atoms with Crippen molar-refractivity contribution < 1.29 is 4.79 Å². The summed E-state index contributed by atoms with van der Waals surface area (Å²) >= 11 is 12.1. The van der Waals surface area contributed by atoms with Crippen molar-refractivity contribution in [3.63, 3.8) is 0 Å².